The highest BCUT2D eigenvalue weighted by atomic mass is 19.1. The summed E-state index contributed by atoms with van der Waals surface area (Å²) in [6, 6.07) is 7.40. The van der Waals surface area contributed by atoms with Crippen LogP contribution >= 0.6 is 0 Å². The maximum atomic E-state index is 13.0. The number of aromatic nitrogens is 1. The first-order valence-corrected chi connectivity index (χ1v) is 6.44. The summed E-state index contributed by atoms with van der Waals surface area (Å²) in [4.78, 5) is 4.14. The molecule has 0 aliphatic carbocycles. The summed E-state index contributed by atoms with van der Waals surface area (Å²) in [5, 5.41) is 13.0. The summed E-state index contributed by atoms with van der Waals surface area (Å²) in [7, 11) is 0. The van der Waals surface area contributed by atoms with Crippen LogP contribution < -0.4 is 10.1 Å². The van der Waals surface area contributed by atoms with Gasteiger partial charge in [-0.3, -0.25) is 0 Å². The molecule has 1 atom stereocenters. The molecule has 0 aliphatic heterocycles. The molecule has 0 spiro atoms. The van der Waals surface area contributed by atoms with Gasteiger partial charge in [0.05, 0.1) is 18.3 Å². The molecule has 5 heteroatoms. The summed E-state index contributed by atoms with van der Waals surface area (Å²) in [6.07, 6.45) is 1.65. The average Bonchev–Trinajstić information content (AvgIpc) is 2.41. The second-order valence-electron chi connectivity index (χ2n) is 4.36. The van der Waals surface area contributed by atoms with Gasteiger partial charge in [0.1, 0.15) is 11.6 Å². The first kappa shape index (κ1) is 14.1. The van der Waals surface area contributed by atoms with Gasteiger partial charge in [-0.15, -0.1) is 0 Å². The van der Waals surface area contributed by atoms with Gasteiger partial charge in [0.25, 0.3) is 0 Å². The fourth-order valence-electron chi connectivity index (χ4n) is 1.95. The van der Waals surface area contributed by atoms with Crippen LogP contribution in [0.25, 0.3) is 0 Å². The fourth-order valence-corrected chi connectivity index (χ4v) is 1.95. The van der Waals surface area contributed by atoms with E-state index in [0.29, 0.717) is 18.1 Å². The number of anilines is 1. The molecule has 1 aromatic heterocycles. The highest BCUT2D eigenvalue weighted by Gasteiger charge is 2.13. The van der Waals surface area contributed by atoms with Crippen LogP contribution in [0.4, 0.5) is 10.1 Å². The summed E-state index contributed by atoms with van der Waals surface area (Å²) in [6.45, 7) is 4.27. The maximum absolute atomic E-state index is 13.0. The number of phenols is 1. The second kappa shape index (κ2) is 6.23. The number of ether oxygens (including phenoxy) is 1. The summed E-state index contributed by atoms with van der Waals surface area (Å²) in [5.41, 5.74) is 1.34. The molecule has 4 nitrogen and oxygen atoms in total. The zero-order chi connectivity index (χ0) is 14.5. The van der Waals surface area contributed by atoms with Gasteiger partial charge in [-0.1, -0.05) is 6.07 Å². The lowest BCUT2D eigenvalue weighted by Gasteiger charge is -2.18. The summed E-state index contributed by atoms with van der Waals surface area (Å²) >= 11 is 0. The first-order chi connectivity index (χ1) is 9.61. The molecule has 0 saturated heterocycles. The van der Waals surface area contributed by atoms with Crippen molar-refractivity contribution in [2.45, 2.75) is 19.9 Å². The van der Waals surface area contributed by atoms with Crippen LogP contribution in [0.2, 0.25) is 0 Å². The Hall–Kier alpha value is -2.30. The monoisotopic (exact) mass is 276 g/mol. The van der Waals surface area contributed by atoms with E-state index in [1.54, 1.807) is 18.3 Å². The van der Waals surface area contributed by atoms with Gasteiger partial charge in [0.2, 0.25) is 5.88 Å². The Labute approximate surface area is 117 Å². The molecule has 0 radical (unpaired) electrons. The van der Waals surface area contributed by atoms with Crippen molar-refractivity contribution >= 4 is 5.69 Å². The standard InChI is InChI=1S/C15H17FN2O2/c1-3-20-15-13(5-4-8-17-15)18-10(2)12-7-6-11(16)9-14(12)19/h4-10,18-19H,3H2,1-2H3. The van der Waals surface area contributed by atoms with E-state index in [2.05, 4.69) is 10.3 Å². The first-order valence-electron chi connectivity index (χ1n) is 6.44. The molecule has 0 amide bonds. The molecule has 1 aromatic carbocycles. The molecule has 0 bridgehead atoms. The maximum Gasteiger partial charge on any atom is 0.237 e. The van der Waals surface area contributed by atoms with Crippen molar-refractivity contribution in [1.29, 1.82) is 0 Å². The molecule has 0 aliphatic rings. The number of halogens is 1. The number of pyridine rings is 1. The topological polar surface area (TPSA) is 54.4 Å². The number of phenolic OH excluding ortho intramolecular Hbond substituents is 1. The smallest absolute Gasteiger partial charge is 0.237 e. The van der Waals surface area contributed by atoms with E-state index < -0.39 is 5.82 Å². The molecule has 1 unspecified atom stereocenters. The van der Waals surface area contributed by atoms with Gasteiger partial charge in [-0.2, -0.15) is 0 Å². The van der Waals surface area contributed by atoms with Gasteiger partial charge in [-0.25, -0.2) is 9.37 Å². The van der Waals surface area contributed by atoms with E-state index in [1.807, 2.05) is 19.9 Å². The lowest BCUT2D eigenvalue weighted by Crippen LogP contribution is -2.09. The predicted molar refractivity (Wildman–Crippen MR) is 75.5 cm³/mol. The van der Waals surface area contributed by atoms with Gasteiger partial charge in [-0.05, 0) is 32.0 Å². The third-order valence-electron chi connectivity index (χ3n) is 2.88. The largest absolute Gasteiger partial charge is 0.507 e. The van der Waals surface area contributed by atoms with E-state index in [-0.39, 0.29) is 11.8 Å². The van der Waals surface area contributed by atoms with Crippen LogP contribution in [0.15, 0.2) is 36.5 Å². The van der Waals surface area contributed by atoms with Crippen molar-refractivity contribution in [3.63, 3.8) is 0 Å². The quantitative estimate of drug-likeness (QED) is 0.877. The number of aromatic hydroxyl groups is 1. The Balaban J connectivity index is 2.21. The molecule has 0 saturated carbocycles. The third-order valence-corrected chi connectivity index (χ3v) is 2.88. The molecule has 2 rings (SSSR count). The minimum atomic E-state index is -0.463. The molecular weight excluding hydrogens is 259 g/mol. The Morgan fingerprint density at radius 3 is 2.90 bits per heavy atom. The van der Waals surface area contributed by atoms with Crippen molar-refractivity contribution in [1.82, 2.24) is 4.98 Å². The predicted octanol–water partition coefficient (Wildman–Crippen LogP) is 3.50. The molecule has 20 heavy (non-hydrogen) atoms. The van der Waals surface area contributed by atoms with Gasteiger partial charge >= 0.3 is 0 Å². The zero-order valence-electron chi connectivity index (χ0n) is 11.4. The zero-order valence-corrected chi connectivity index (χ0v) is 11.4. The Morgan fingerprint density at radius 2 is 2.20 bits per heavy atom. The number of nitrogens with one attached hydrogen (secondary N) is 1. The lowest BCUT2D eigenvalue weighted by molar-refractivity contribution is 0.328. The number of nitrogens with zero attached hydrogens (tertiary/aromatic N) is 1. The van der Waals surface area contributed by atoms with Crippen LogP contribution in [0.5, 0.6) is 11.6 Å². The molecule has 2 aromatic rings. The fraction of sp³-hybridized carbons (Fsp3) is 0.267. The van der Waals surface area contributed by atoms with Gasteiger partial charge in [0.15, 0.2) is 0 Å². The van der Waals surface area contributed by atoms with Crippen LogP contribution in [0.3, 0.4) is 0 Å². The molecular formula is C15H17FN2O2. The molecule has 1 heterocycles. The molecule has 106 valence electrons. The van der Waals surface area contributed by atoms with Crippen molar-refractivity contribution in [2.24, 2.45) is 0 Å². The minimum absolute atomic E-state index is 0.0770. The number of rotatable bonds is 5. The molecule has 0 fully saturated rings. The Morgan fingerprint density at radius 1 is 1.40 bits per heavy atom. The number of hydrogen-bond donors (Lipinski definition) is 2. The van der Waals surface area contributed by atoms with E-state index in [0.717, 1.165) is 11.8 Å². The van der Waals surface area contributed by atoms with Crippen molar-refractivity contribution in [3.8, 4) is 11.6 Å². The third kappa shape index (κ3) is 3.17. The highest BCUT2D eigenvalue weighted by molar-refractivity contribution is 5.54. The van der Waals surface area contributed by atoms with Gasteiger partial charge < -0.3 is 15.2 Å². The Kier molecular flexibility index (Phi) is 4.40. The highest BCUT2D eigenvalue weighted by Crippen LogP contribution is 2.30. The lowest BCUT2D eigenvalue weighted by atomic mass is 10.1. The van der Waals surface area contributed by atoms with Crippen molar-refractivity contribution < 1.29 is 14.2 Å². The van der Waals surface area contributed by atoms with Crippen molar-refractivity contribution in [3.05, 3.63) is 47.9 Å². The van der Waals surface area contributed by atoms with E-state index in [9.17, 15) is 9.50 Å². The van der Waals surface area contributed by atoms with Crippen LogP contribution in [-0.4, -0.2) is 16.7 Å². The number of hydrogen-bond acceptors (Lipinski definition) is 4. The second-order valence-corrected chi connectivity index (χ2v) is 4.36. The minimum Gasteiger partial charge on any atom is -0.507 e. The number of benzene rings is 1. The van der Waals surface area contributed by atoms with E-state index in [4.69, 9.17) is 4.74 Å². The normalized spacial score (nSPS) is 11.9. The van der Waals surface area contributed by atoms with E-state index >= 15 is 0 Å². The van der Waals surface area contributed by atoms with Crippen LogP contribution in [0.1, 0.15) is 25.5 Å². The molecule has 2 N–H and O–H groups in total. The van der Waals surface area contributed by atoms with Crippen LogP contribution in [0, 0.1) is 5.82 Å². The average molecular weight is 276 g/mol. The Bertz CT molecular complexity index is 590. The van der Waals surface area contributed by atoms with Gasteiger partial charge in [0, 0.05) is 17.8 Å². The van der Waals surface area contributed by atoms with Crippen LogP contribution in [-0.2, 0) is 0 Å². The van der Waals surface area contributed by atoms with Crippen molar-refractivity contribution in [2.75, 3.05) is 11.9 Å². The summed E-state index contributed by atoms with van der Waals surface area (Å²) in [5.74, 6) is -0.0369. The SMILES string of the molecule is CCOc1ncccc1NC(C)c1ccc(F)cc1O. The van der Waals surface area contributed by atoms with E-state index in [1.165, 1.54) is 6.07 Å². The summed E-state index contributed by atoms with van der Waals surface area (Å²) < 4.78 is 18.4.